The molecule has 1 saturated carbocycles. The molecule has 1 fully saturated rings. The third kappa shape index (κ3) is 4.35. The minimum atomic E-state index is -1.13. The van der Waals surface area contributed by atoms with Gasteiger partial charge < -0.3 is 9.84 Å². The third-order valence-electron chi connectivity index (χ3n) is 4.45. The van der Waals surface area contributed by atoms with Crippen molar-refractivity contribution < 1.29 is 19.4 Å². The molecule has 1 aliphatic carbocycles. The second-order valence-corrected chi connectivity index (χ2v) is 7.08. The van der Waals surface area contributed by atoms with E-state index >= 15 is 0 Å². The zero-order valence-electron chi connectivity index (χ0n) is 13.9. The lowest BCUT2D eigenvalue weighted by atomic mass is 9.88. The van der Waals surface area contributed by atoms with Crippen LogP contribution in [-0.4, -0.2) is 40.3 Å². The van der Waals surface area contributed by atoms with Crippen LogP contribution in [0.4, 0.5) is 4.79 Å². The van der Waals surface area contributed by atoms with Gasteiger partial charge >= 0.3 is 12.1 Å². The van der Waals surface area contributed by atoms with Crippen molar-refractivity contribution in [3.8, 4) is 0 Å². The summed E-state index contributed by atoms with van der Waals surface area (Å²) >= 11 is 0. The molecule has 5 nitrogen and oxygen atoms in total. The lowest BCUT2D eigenvalue weighted by Gasteiger charge is -2.38. The smallest absolute Gasteiger partial charge is 0.410 e. The lowest BCUT2D eigenvalue weighted by Crippen LogP contribution is -2.56. The van der Waals surface area contributed by atoms with E-state index in [2.05, 4.69) is 6.92 Å². The molecule has 0 saturated heterocycles. The molecule has 0 aromatic rings. The van der Waals surface area contributed by atoms with E-state index in [1.807, 2.05) is 0 Å². The van der Waals surface area contributed by atoms with Gasteiger partial charge in [0.15, 0.2) is 0 Å². The van der Waals surface area contributed by atoms with Crippen molar-refractivity contribution in [2.75, 3.05) is 7.05 Å². The number of likely N-dealkylation sites (N-methyl/N-ethyl adjacent to an activating group) is 1. The Kier molecular flexibility index (Phi) is 5.65. The average molecular weight is 299 g/mol. The third-order valence-corrected chi connectivity index (χ3v) is 4.45. The molecule has 0 aliphatic heterocycles. The van der Waals surface area contributed by atoms with Gasteiger partial charge in [0, 0.05) is 7.05 Å². The number of rotatable bonds is 3. The fraction of sp³-hybridized carbons (Fsp3) is 0.875. The van der Waals surface area contributed by atoms with Crippen molar-refractivity contribution in [3.05, 3.63) is 0 Å². The summed E-state index contributed by atoms with van der Waals surface area (Å²) < 4.78 is 5.35. The van der Waals surface area contributed by atoms with Gasteiger partial charge in [0.1, 0.15) is 11.1 Å². The summed E-state index contributed by atoms with van der Waals surface area (Å²) in [6, 6.07) is 0. The largest absolute Gasteiger partial charge is 0.479 e. The Bertz CT molecular complexity index is 388. The Balaban J connectivity index is 2.94. The van der Waals surface area contributed by atoms with Gasteiger partial charge in [-0.2, -0.15) is 0 Å². The number of aliphatic carboxylic acids is 1. The Morgan fingerprint density at radius 2 is 1.90 bits per heavy atom. The summed E-state index contributed by atoms with van der Waals surface area (Å²) in [5.41, 5.74) is -1.76. The van der Waals surface area contributed by atoms with E-state index in [0.717, 1.165) is 25.7 Å². The maximum atomic E-state index is 12.3. The molecule has 21 heavy (non-hydrogen) atoms. The number of amides is 1. The number of carbonyl (C=O) groups excluding carboxylic acids is 1. The highest BCUT2D eigenvalue weighted by Crippen LogP contribution is 2.36. The van der Waals surface area contributed by atoms with Crippen molar-refractivity contribution >= 4 is 12.1 Å². The van der Waals surface area contributed by atoms with Crippen LogP contribution in [0.25, 0.3) is 0 Å². The number of carbonyl (C=O) groups is 2. The fourth-order valence-electron chi connectivity index (χ4n) is 3.00. The van der Waals surface area contributed by atoms with E-state index in [0.29, 0.717) is 18.8 Å². The quantitative estimate of drug-likeness (QED) is 0.807. The summed E-state index contributed by atoms with van der Waals surface area (Å²) in [7, 11) is 1.55. The van der Waals surface area contributed by atoms with E-state index in [1.165, 1.54) is 4.90 Å². The normalized spacial score (nSPS) is 26.8. The first-order chi connectivity index (χ1) is 9.62. The molecule has 0 heterocycles. The van der Waals surface area contributed by atoms with Gasteiger partial charge in [-0.1, -0.05) is 26.2 Å². The molecule has 0 bridgehead atoms. The minimum Gasteiger partial charge on any atom is -0.479 e. The van der Waals surface area contributed by atoms with Gasteiger partial charge in [-0.3, -0.25) is 4.90 Å². The summed E-state index contributed by atoms with van der Waals surface area (Å²) in [5, 5.41) is 9.74. The number of carboxylic acids is 1. The average Bonchev–Trinajstić information content (AvgIpc) is 2.58. The maximum absolute atomic E-state index is 12.3. The standard InChI is InChI=1S/C16H29NO4/c1-6-12-8-7-10-16(11-9-12,13(18)19)17(5)14(20)21-15(2,3)4/h12H,6-11H2,1-5H3,(H,18,19). The Morgan fingerprint density at radius 3 is 2.38 bits per heavy atom. The lowest BCUT2D eigenvalue weighted by molar-refractivity contribution is -0.151. The van der Waals surface area contributed by atoms with Crippen molar-refractivity contribution in [3.63, 3.8) is 0 Å². The first kappa shape index (κ1) is 17.8. The van der Waals surface area contributed by atoms with Crippen LogP contribution in [0.3, 0.4) is 0 Å². The van der Waals surface area contributed by atoms with Gasteiger partial charge in [-0.25, -0.2) is 9.59 Å². The monoisotopic (exact) mass is 299 g/mol. The van der Waals surface area contributed by atoms with Crippen LogP contribution in [0, 0.1) is 5.92 Å². The van der Waals surface area contributed by atoms with Crippen LogP contribution in [0.2, 0.25) is 0 Å². The number of carboxylic acid groups (broad SMARTS) is 1. The van der Waals surface area contributed by atoms with E-state index in [-0.39, 0.29) is 0 Å². The molecule has 0 aromatic carbocycles. The Hall–Kier alpha value is -1.26. The van der Waals surface area contributed by atoms with Crippen LogP contribution in [0.15, 0.2) is 0 Å². The SMILES string of the molecule is CCC1CCCC(C(=O)O)(N(C)C(=O)OC(C)(C)C)CC1. The molecule has 0 spiro atoms. The molecule has 0 aromatic heterocycles. The molecule has 1 N–H and O–H groups in total. The van der Waals surface area contributed by atoms with Crippen LogP contribution >= 0.6 is 0 Å². The first-order valence-electron chi connectivity index (χ1n) is 7.82. The van der Waals surface area contributed by atoms with Crippen molar-refractivity contribution in [1.29, 1.82) is 0 Å². The molecule has 122 valence electrons. The molecule has 2 atom stereocenters. The molecule has 1 amide bonds. The van der Waals surface area contributed by atoms with Crippen LogP contribution in [0.5, 0.6) is 0 Å². The van der Waals surface area contributed by atoms with Gasteiger partial charge in [0.25, 0.3) is 0 Å². The van der Waals surface area contributed by atoms with E-state index in [4.69, 9.17) is 4.74 Å². The second kappa shape index (κ2) is 6.67. The van der Waals surface area contributed by atoms with Gasteiger partial charge in [0.05, 0.1) is 0 Å². The Morgan fingerprint density at radius 1 is 1.29 bits per heavy atom. The molecule has 2 unspecified atom stereocenters. The minimum absolute atomic E-state index is 0.495. The molecule has 1 aliphatic rings. The van der Waals surface area contributed by atoms with Crippen LogP contribution < -0.4 is 0 Å². The first-order valence-corrected chi connectivity index (χ1v) is 7.82. The van der Waals surface area contributed by atoms with Crippen LogP contribution in [0.1, 0.15) is 66.2 Å². The summed E-state index contributed by atoms with van der Waals surface area (Å²) in [5.74, 6) is -0.370. The summed E-state index contributed by atoms with van der Waals surface area (Å²) in [6.45, 7) is 7.49. The zero-order valence-corrected chi connectivity index (χ0v) is 13.9. The summed E-state index contributed by atoms with van der Waals surface area (Å²) in [6.07, 6.45) is 4.21. The van der Waals surface area contributed by atoms with E-state index in [1.54, 1.807) is 27.8 Å². The number of hydrogen-bond donors (Lipinski definition) is 1. The number of ether oxygens (including phenoxy) is 1. The van der Waals surface area contributed by atoms with Crippen LogP contribution in [-0.2, 0) is 9.53 Å². The maximum Gasteiger partial charge on any atom is 0.410 e. The summed E-state index contributed by atoms with van der Waals surface area (Å²) in [4.78, 5) is 25.5. The topological polar surface area (TPSA) is 66.8 Å². The second-order valence-electron chi connectivity index (χ2n) is 7.08. The van der Waals surface area contributed by atoms with Gasteiger partial charge in [-0.15, -0.1) is 0 Å². The molecular weight excluding hydrogens is 270 g/mol. The van der Waals surface area contributed by atoms with Crippen molar-refractivity contribution in [1.82, 2.24) is 4.90 Å². The molecule has 5 heteroatoms. The van der Waals surface area contributed by atoms with Gasteiger partial charge in [0.2, 0.25) is 0 Å². The highest BCUT2D eigenvalue weighted by atomic mass is 16.6. The molecule has 0 radical (unpaired) electrons. The zero-order chi connectivity index (χ0) is 16.3. The highest BCUT2D eigenvalue weighted by molar-refractivity contribution is 5.84. The molecular formula is C16H29NO4. The fourth-order valence-corrected chi connectivity index (χ4v) is 3.00. The number of nitrogens with zero attached hydrogens (tertiary/aromatic N) is 1. The molecule has 1 rings (SSSR count). The predicted octanol–water partition coefficient (Wildman–Crippen LogP) is 3.67. The van der Waals surface area contributed by atoms with Crippen molar-refractivity contribution in [2.45, 2.75) is 77.4 Å². The Labute approximate surface area is 127 Å². The van der Waals surface area contributed by atoms with E-state index in [9.17, 15) is 14.7 Å². The predicted molar refractivity (Wildman–Crippen MR) is 81.2 cm³/mol. The van der Waals surface area contributed by atoms with E-state index < -0.39 is 23.2 Å². The van der Waals surface area contributed by atoms with Gasteiger partial charge in [-0.05, 0) is 46.0 Å². The van der Waals surface area contributed by atoms with Crippen molar-refractivity contribution in [2.24, 2.45) is 5.92 Å². The highest BCUT2D eigenvalue weighted by Gasteiger charge is 2.46. The number of hydrogen-bond acceptors (Lipinski definition) is 3.